The summed E-state index contributed by atoms with van der Waals surface area (Å²) in [6.45, 7) is 0.516. The number of rotatable bonds is 4. The molecule has 0 aliphatic carbocycles. The lowest BCUT2D eigenvalue weighted by molar-refractivity contribution is 0.604. The summed E-state index contributed by atoms with van der Waals surface area (Å²) in [5, 5.41) is 12.2. The Morgan fingerprint density at radius 3 is 2.89 bits per heavy atom. The summed E-state index contributed by atoms with van der Waals surface area (Å²) in [6, 6.07) is 11.4. The molecule has 0 fully saturated rings. The molecule has 1 atom stereocenters. The number of benzene rings is 1. The fraction of sp³-hybridized carbons (Fsp3) is 0.143. The van der Waals surface area contributed by atoms with E-state index in [4.69, 9.17) is 5.26 Å². The number of aromatic nitrogens is 1. The zero-order valence-corrected chi connectivity index (χ0v) is 9.68. The fourth-order valence-electron chi connectivity index (χ4n) is 1.65. The summed E-state index contributed by atoms with van der Waals surface area (Å²) in [5.41, 5.74) is 1.61. The second kappa shape index (κ2) is 5.89. The summed E-state index contributed by atoms with van der Waals surface area (Å²) in [5.74, 6) is -0.337. The molecule has 2 rings (SSSR count). The SMILES string of the molecule is N#CC(NCc1cccnc1)c1cccc(F)c1. The number of hydrogen-bond donors (Lipinski definition) is 1. The minimum atomic E-state index is -0.527. The molecule has 0 aliphatic heterocycles. The molecular weight excluding hydrogens is 229 g/mol. The molecule has 0 saturated carbocycles. The molecule has 1 aromatic heterocycles. The van der Waals surface area contributed by atoms with Gasteiger partial charge in [-0.1, -0.05) is 18.2 Å². The van der Waals surface area contributed by atoms with E-state index >= 15 is 0 Å². The molecule has 0 radical (unpaired) electrons. The standard InChI is InChI=1S/C14H12FN3/c15-13-5-1-4-12(7-13)14(8-16)18-10-11-3-2-6-17-9-11/h1-7,9,14,18H,10H2. The van der Waals surface area contributed by atoms with Crippen LogP contribution in [-0.4, -0.2) is 4.98 Å². The fourth-order valence-corrected chi connectivity index (χ4v) is 1.65. The lowest BCUT2D eigenvalue weighted by Crippen LogP contribution is -2.19. The van der Waals surface area contributed by atoms with Gasteiger partial charge in [0.1, 0.15) is 11.9 Å². The van der Waals surface area contributed by atoms with Gasteiger partial charge in [0.25, 0.3) is 0 Å². The Labute approximate surface area is 105 Å². The van der Waals surface area contributed by atoms with Crippen LogP contribution in [0.2, 0.25) is 0 Å². The van der Waals surface area contributed by atoms with Crippen molar-refractivity contribution in [3.05, 3.63) is 65.7 Å². The van der Waals surface area contributed by atoms with E-state index in [2.05, 4.69) is 16.4 Å². The van der Waals surface area contributed by atoms with E-state index in [1.165, 1.54) is 12.1 Å². The Morgan fingerprint density at radius 2 is 2.22 bits per heavy atom. The molecule has 1 heterocycles. The number of hydrogen-bond acceptors (Lipinski definition) is 3. The first kappa shape index (κ1) is 12.2. The number of nitrogens with zero attached hydrogens (tertiary/aromatic N) is 2. The van der Waals surface area contributed by atoms with Crippen LogP contribution in [-0.2, 0) is 6.54 Å². The highest BCUT2D eigenvalue weighted by molar-refractivity contribution is 5.25. The molecule has 3 nitrogen and oxygen atoms in total. The van der Waals surface area contributed by atoms with Crippen LogP contribution in [0.4, 0.5) is 4.39 Å². The Kier molecular flexibility index (Phi) is 4.00. The van der Waals surface area contributed by atoms with Gasteiger partial charge in [-0.25, -0.2) is 4.39 Å². The van der Waals surface area contributed by atoms with Gasteiger partial charge in [0, 0.05) is 18.9 Å². The Balaban J connectivity index is 2.05. The minimum Gasteiger partial charge on any atom is -0.294 e. The molecule has 1 unspecified atom stereocenters. The third kappa shape index (κ3) is 3.12. The third-order valence-corrected chi connectivity index (χ3v) is 2.54. The third-order valence-electron chi connectivity index (χ3n) is 2.54. The molecule has 1 aromatic carbocycles. The number of nitriles is 1. The topological polar surface area (TPSA) is 48.7 Å². The van der Waals surface area contributed by atoms with E-state index in [1.54, 1.807) is 24.5 Å². The summed E-state index contributed by atoms with van der Waals surface area (Å²) >= 11 is 0. The van der Waals surface area contributed by atoms with Gasteiger partial charge in [0.05, 0.1) is 6.07 Å². The van der Waals surface area contributed by atoms with Gasteiger partial charge < -0.3 is 0 Å². The van der Waals surface area contributed by atoms with Crippen LogP contribution in [0.5, 0.6) is 0 Å². The van der Waals surface area contributed by atoms with Crippen molar-refractivity contribution in [3.63, 3.8) is 0 Å². The van der Waals surface area contributed by atoms with E-state index in [1.807, 2.05) is 12.1 Å². The van der Waals surface area contributed by atoms with E-state index in [0.29, 0.717) is 12.1 Å². The molecule has 0 amide bonds. The first-order valence-electron chi connectivity index (χ1n) is 5.57. The van der Waals surface area contributed by atoms with Gasteiger partial charge in [-0.2, -0.15) is 5.26 Å². The van der Waals surface area contributed by atoms with Crippen LogP contribution in [0.25, 0.3) is 0 Å². The minimum absolute atomic E-state index is 0.337. The average Bonchev–Trinajstić information content (AvgIpc) is 2.41. The van der Waals surface area contributed by atoms with Gasteiger partial charge in [-0.05, 0) is 29.3 Å². The van der Waals surface area contributed by atoms with Crippen molar-refractivity contribution in [1.29, 1.82) is 5.26 Å². The lowest BCUT2D eigenvalue weighted by atomic mass is 10.1. The molecule has 0 aliphatic rings. The Morgan fingerprint density at radius 1 is 1.33 bits per heavy atom. The Hall–Kier alpha value is -2.25. The van der Waals surface area contributed by atoms with Crippen molar-refractivity contribution in [3.8, 4) is 6.07 Å². The summed E-state index contributed by atoms with van der Waals surface area (Å²) in [6.07, 6.45) is 3.42. The lowest BCUT2D eigenvalue weighted by Gasteiger charge is -2.11. The highest BCUT2D eigenvalue weighted by Gasteiger charge is 2.10. The smallest absolute Gasteiger partial charge is 0.123 e. The summed E-state index contributed by atoms with van der Waals surface area (Å²) in [7, 11) is 0. The number of nitrogens with one attached hydrogen (secondary N) is 1. The van der Waals surface area contributed by atoms with Gasteiger partial charge in [-0.3, -0.25) is 10.3 Å². The maximum Gasteiger partial charge on any atom is 0.123 e. The molecule has 1 N–H and O–H groups in total. The highest BCUT2D eigenvalue weighted by Crippen LogP contribution is 2.14. The van der Waals surface area contributed by atoms with Crippen molar-refractivity contribution in [2.24, 2.45) is 0 Å². The maximum atomic E-state index is 13.1. The molecular formula is C14H12FN3. The van der Waals surface area contributed by atoms with Crippen LogP contribution in [0.1, 0.15) is 17.2 Å². The summed E-state index contributed by atoms with van der Waals surface area (Å²) in [4.78, 5) is 3.99. The maximum absolute atomic E-state index is 13.1. The monoisotopic (exact) mass is 241 g/mol. The number of pyridine rings is 1. The van der Waals surface area contributed by atoms with E-state index < -0.39 is 6.04 Å². The molecule has 4 heteroatoms. The molecule has 18 heavy (non-hydrogen) atoms. The van der Waals surface area contributed by atoms with Crippen LogP contribution in [0.15, 0.2) is 48.8 Å². The zero-order valence-electron chi connectivity index (χ0n) is 9.68. The van der Waals surface area contributed by atoms with E-state index in [0.717, 1.165) is 5.56 Å². The Bertz CT molecular complexity index is 548. The number of halogens is 1. The van der Waals surface area contributed by atoms with E-state index in [9.17, 15) is 4.39 Å². The predicted molar refractivity (Wildman–Crippen MR) is 65.8 cm³/mol. The van der Waals surface area contributed by atoms with Crippen LogP contribution >= 0.6 is 0 Å². The van der Waals surface area contributed by atoms with Crippen LogP contribution in [0, 0.1) is 17.1 Å². The predicted octanol–water partition coefficient (Wildman–Crippen LogP) is 2.58. The molecule has 0 spiro atoms. The van der Waals surface area contributed by atoms with Crippen LogP contribution < -0.4 is 5.32 Å². The van der Waals surface area contributed by atoms with Crippen molar-refractivity contribution in [2.75, 3.05) is 0 Å². The molecule has 90 valence electrons. The van der Waals surface area contributed by atoms with Crippen molar-refractivity contribution in [1.82, 2.24) is 10.3 Å². The largest absolute Gasteiger partial charge is 0.294 e. The van der Waals surface area contributed by atoms with Gasteiger partial charge in [0.15, 0.2) is 0 Å². The van der Waals surface area contributed by atoms with E-state index in [-0.39, 0.29) is 5.82 Å². The van der Waals surface area contributed by atoms with Crippen molar-refractivity contribution in [2.45, 2.75) is 12.6 Å². The first-order valence-corrected chi connectivity index (χ1v) is 5.57. The molecule has 2 aromatic rings. The summed E-state index contributed by atoms with van der Waals surface area (Å²) < 4.78 is 13.1. The second-order valence-electron chi connectivity index (χ2n) is 3.86. The highest BCUT2D eigenvalue weighted by atomic mass is 19.1. The average molecular weight is 241 g/mol. The van der Waals surface area contributed by atoms with Gasteiger partial charge >= 0.3 is 0 Å². The van der Waals surface area contributed by atoms with Gasteiger partial charge in [0.2, 0.25) is 0 Å². The normalized spacial score (nSPS) is 11.8. The van der Waals surface area contributed by atoms with Crippen LogP contribution in [0.3, 0.4) is 0 Å². The zero-order chi connectivity index (χ0) is 12.8. The van der Waals surface area contributed by atoms with Crippen molar-refractivity contribution >= 4 is 0 Å². The second-order valence-corrected chi connectivity index (χ2v) is 3.86. The first-order chi connectivity index (χ1) is 8.79. The quantitative estimate of drug-likeness (QED) is 0.895. The van der Waals surface area contributed by atoms with Gasteiger partial charge in [-0.15, -0.1) is 0 Å². The van der Waals surface area contributed by atoms with Crippen molar-refractivity contribution < 1.29 is 4.39 Å². The molecule has 0 saturated heterocycles. The molecule has 0 bridgehead atoms.